The Balaban J connectivity index is 1.35. The first-order valence-electron chi connectivity index (χ1n) is 11.6. The van der Waals surface area contributed by atoms with Crippen molar-refractivity contribution in [2.24, 2.45) is 0 Å². The number of hydrogen-bond donors (Lipinski definition) is 0. The molecule has 2 aromatic heterocycles. The van der Waals surface area contributed by atoms with E-state index in [2.05, 4.69) is 24.6 Å². The van der Waals surface area contributed by atoms with Crippen LogP contribution in [0.15, 0.2) is 28.8 Å². The van der Waals surface area contributed by atoms with Gasteiger partial charge in [0.2, 0.25) is 11.8 Å². The number of ether oxygens (including phenoxy) is 3. The molecule has 4 heterocycles. The predicted molar refractivity (Wildman–Crippen MR) is 118 cm³/mol. The number of hydrogen-bond acceptors (Lipinski definition) is 9. The summed E-state index contributed by atoms with van der Waals surface area (Å²) in [5.41, 5.74) is -2.47. The Bertz CT molecular complexity index is 1460. The molecule has 10 nitrogen and oxygen atoms in total. The number of amides is 1. The van der Waals surface area contributed by atoms with Gasteiger partial charge in [-0.05, 0) is 36.6 Å². The van der Waals surface area contributed by atoms with Gasteiger partial charge in [-0.15, -0.1) is 8.78 Å². The highest BCUT2D eigenvalue weighted by Gasteiger charge is 2.43. The Labute approximate surface area is 216 Å². The van der Waals surface area contributed by atoms with E-state index in [4.69, 9.17) is 9.26 Å². The van der Waals surface area contributed by atoms with Gasteiger partial charge in [0.15, 0.2) is 23.0 Å². The summed E-state index contributed by atoms with van der Waals surface area (Å²) < 4.78 is 87.3. The number of rotatable bonds is 5. The van der Waals surface area contributed by atoms with Crippen LogP contribution in [0.1, 0.15) is 57.7 Å². The zero-order valence-corrected chi connectivity index (χ0v) is 20.1. The average molecular weight is 551 g/mol. The van der Waals surface area contributed by atoms with Crippen molar-refractivity contribution in [2.45, 2.75) is 44.8 Å². The number of benzene rings is 1. The summed E-state index contributed by atoms with van der Waals surface area (Å²) in [4.78, 5) is 22.0. The molecule has 39 heavy (non-hydrogen) atoms. The number of nitrogens with zero attached hydrogens (tertiary/aromatic N) is 5. The van der Waals surface area contributed by atoms with Crippen molar-refractivity contribution in [2.75, 3.05) is 13.1 Å². The maximum absolute atomic E-state index is 14.0. The summed E-state index contributed by atoms with van der Waals surface area (Å²) in [5, 5.41) is 13.4. The van der Waals surface area contributed by atoms with E-state index in [1.165, 1.54) is 17.0 Å². The topological polar surface area (TPSA) is 124 Å². The van der Waals surface area contributed by atoms with Gasteiger partial charge >= 0.3 is 12.5 Å². The lowest BCUT2D eigenvalue weighted by molar-refractivity contribution is -0.286. The molecule has 0 N–H and O–H groups in total. The molecule has 15 heteroatoms. The van der Waals surface area contributed by atoms with Crippen molar-refractivity contribution < 1.29 is 45.5 Å². The molecule has 204 valence electrons. The number of aromatic nitrogens is 3. The molecule has 0 aliphatic carbocycles. The van der Waals surface area contributed by atoms with Gasteiger partial charge in [-0.1, -0.05) is 11.2 Å². The number of likely N-dealkylation sites (tertiary alicyclic amines) is 1. The van der Waals surface area contributed by atoms with Crippen molar-refractivity contribution in [1.29, 1.82) is 5.26 Å². The molecule has 2 aliphatic heterocycles. The van der Waals surface area contributed by atoms with Crippen LogP contribution in [0, 0.1) is 18.3 Å². The van der Waals surface area contributed by atoms with Crippen molar-refractivity contribution in [3.05, 3.63) is 58.4 Å². The van der Waals surface area contributed by atoms with Crippen LogP contribution in [0.4, 0.5) is 22.0 Å². The molecule has 1 saturated heterocycles. The zero-order valence-electron chi connectivity index (χ0n) is 20.1. The molecule has 0 bridgehead atoms. The molecule has 0 atom stereocenters. The van der Waals surface area contributed by atoms with Gasteiger partial charge in [0, 0.05) is 25.9 Å². The van der Waals surface area contributed by atoms with Crippen molar-refractivity contribution in [3.8, 4) is 23.4 Å². The van der Waals surface area contributed by atoms with E-state index in [0.29, 0.717) is 24.6 Å². The molecule has 1 aromatic carbocycles. The van der Waals surface area contributed by atoms with Crippen LogP contribution >= 0.6 is 0 Å². The Hall–Kier alpha value is -4.48. The number of nitriles is 1. The molecule has 0 spiro atoms. The number of fused-ring (bicyclic) bond motifs is 1. The SMILES string of the molecule is Cc1nc(C2CCN(C(=O)c3cc(C#N)c(OCc4ccc5c(c4)OC(F)(F)O5)nc3C(F)(F)F)CC2)no1. The highest BCUT2D eigenvalue weighted by atomic mass is 19.4. The number of aryl methyl sites for hydroxylation is 1. The number of carbonyl (C=O) groups is 1. The Morgan fingerprint density at radius 1 is 1.18 bits per heavy atom. The first-order chi connectivity index (χ1) is 18.4. The van der Waals surface area contributed by atoms with E-state index in [-0.39, 0.29) is 36.1 Å². The fourth-order valence-electron chi connectivity index (χ4n) is 4.29. The summed E-state index contributed by atoms with van der Waals surface area (Å²) in [6, 6.07) is 6.16. The molecule has 0 radical (unpaired) electrons. The molecule has 5 rings (SSSR count). The van der Waals surface area contributed by atoms with Gasteiger partial charge in [0.1, 0.15) is 18.2 Å². The predicted octanol–water partition coefficient (Wildman–Crippen LogP) is 4.58. The first kappa shape index (κ1) is 26.1. The van der Waals surface area contributed by atoms with E-state index < -0.39 is 47.7 Å². The van der Waals surface area contributed by atoms with Gasteiger partial charge in [-0.3, -0.25) is 4.79 Å². The smallest absolute Gasteiger partial charge is 0.472 e. The van der Waals surface area contributed by atoms with Crippen molar-refractivity contribution in [1.82, 2.24) is 20.0 Å². The summed E-state index contributed by atoms with van der Waals surface area (Å²) in [6.45, 7) is 1.48. The molecular weight excluding hydrogens is 533 g/mol. The maximum atomic E-state index is 14.0. The lowest BCUT2D eigenvalue weighted by Crippen LogP contribution is -2.39. The molecule has 0 saturated carbocycles. The van der Waals surface area contributed by atoms with E-state index in [1.54, 1.807) is 13.0 Å². The van der Waals surface area contributed by atoms with Crippen molar-refractivity contribution in [3.63, 3.8) is 0 Å². The minimum absolute atomic E-state index is 0.112. The molecule has 0 unspecified atom stereocenters. The summed E-state index contributed by atoms with van der Waals surface area (Å²) >= 11 is 0. The fraction of sp³-hybridized carbons (Fsp3) is 0.375. The second kappa shape index (κ2) is 9.68. The van der Waals surface area contributed by atoms with E-state index in [1.807, 2.05) is 0 Å². The molecule has 1 amide bonds. The fourth-order valence-corrected chi connectivity index (χ4v) is 4.29. The summed E-state index contributed by atoms with van der Waals surface area (Å²) in [7, 11) is 0. The summed E-state index contributed by atoms with van der Waals surface area (Å²) in [6.07, 6.45) is -8.06. The lowest BCUT2D eigenvalue weighted by Gasteiger charge is -2.31. The third-order valence-electron chi connectivity index (χ3n) is 6.14. The first-order valence-corrected chi connectivity index (χ1v) is 11.6. The van der Waals surface area contributed by atoms with Gasteiger partial charge in [-0.2, -0.15) is 23.4 Å². The maximum Gasteiger partial charge on any atom is 0.586 e. The second-order valence-electron chi connectivity index (χ2n) is 8.82. The molecule has 3 aromatic rings. The number of piperidine rings is 1. The largest absolute Gasteiger partial charge is 0.586 e. The number of pyridine rings is 1. The summed E-state index contributed by atoms with van der Waals surface area (Å²) in [5.74, 6) is -1.37. The van der Waals surface area contributed by atoms with Gasteiger partial charge in [0.25, 0.3) is 5.91 Å². The van der Waals surface area contributed by atoms with E-state index in [0.717, 1.165) is 12.1 Å². The van der Waals surface area contributed by atoms with Crippen LogP contribution in [0.3, 0.4) is 0 Å². The van der Waals surface area contributed by atoms with Crippen LogP contribution in [0.25, 0.3) is 0 Å². The second-order valence-corrected chi connectivity index (χ2v) is 8.82. The number of halogens is 5. The van der Waals surface area contributed by atoms with E-state index >= 15 is 0 Å². The zero-order chi connectivity index (χ0) is 27.9. The lowest BCUT2D eigenvalue weighted by atomic mass is 9.95. The van der Waals surface area contributed by atoms with Crippen LogP contribution in [0.5, 0.6) is 17.4 Å². The van der Waals surface area contributed by atoms with Crippen LogP contribution in [-0.4, -0.2) is 45.3 Å². The van der Waals surface area contributed by atoms with Crippen LogP contribution in [0.2, 0.25) is 0 Å². The van der Waals surface area contributed by atoms with Crippen LogP contribution < -0.4 is 14.2 Å². The quantitative estimate of drug-likeness (QED) is 0.419. The minimum atomic E-state index is -5.04. The Morgan fingerprint density at radius 3 is 2.54 bits per heavy atom. The standard InChI is InChI=1S/C24H18F5N5O5/c1-12-31-20(33-39-12)14-4-6-34(7-5-14)22(35)16-9-15(10-30)21(32-19(16)23(25,26)27)36-11-13-2-3-17-18(8-13)38-24(28,29)37-17/h2-3,8-9,14H,4-7,11H2,1H3. The van der Waals surface area contributed by atoms with Crippen molar-refractivity contribution >= 4 is 5.91 Å². The third kappa shape index (κ3) is 5.40. The monoisotopic (exact) mass is 551 g/mol. The van der Waals surface area contributed by atoms with E-state index in [9.17, 15) is 32.0 Å². The molecule has 2 aliphatic rings. The molecular formula is C24H18F5N5O5. The Kier molecular flexibility index (Phi) is 6.49. The number of alkyl halides is 5. The molecule has 1 fully saturated rings. The Morgan fingerprint density at radius 2 is 1.90 bits per heavy atom. The van der Waals surface area contributed by atoms with Gasteiger partial charge in [-0.25, -0.2) is 4.98 Å². The third-order valence-corrected chi connectivity index (χ3v) is 6.14. The highest BCUT2D eigenvalue weighted by Crippen LogP contribution is 2.41. The van der Waals surface area contributed by atoms with Gasteiger partial charge < -0.3 is 23.6 Å². The van der Waals surface area contributed by atoms with Crippen LogP contribution in [-0.2, 0) is 12.8 Å². The normalized spacial score (nSPS) is 16.7. The highest BCUT2D eigenvalue weighted by molar-refractivity contribution is 5.96. The minimum Gasteiger partial charge on any atom is -0.472 e. The van der Waals surface area contributed by atoms with Gasteiger partial charge in [0.05, 0.1) is 5.56 Å². The average Bonchev–Trinajstić information content (AvgIpc) is 3.46. The number of carbonyl (C=O) groups excluding carboxylic acids is 1.